The molecule has 0 aromatic carbocycles. The minimum Gasteiger partial charge on any atom is -0.334 e. The van der Waals surface area contributed by atoms with Gasteiger partial charge in [-0.3, -0.25) is 10.1 Å². The number of amides is 3. The molecular formula is C6H8N2O2. The van der Waals surface area contributed by atoms with Gasteiger partial charge < -0.3 is 5.32 Å². The molecule has 4 nitrogen and oxygen atoms in total. The van der Waals surface area contributed by atoms with Crippen LogP contribution in [0.4, 0.5) is 4.79 Å². The lowest BCUT2D eigenvalue weighted by molar-refractivity contribution is -0.128. The zero-order valence-electron chi connectivity index (χ0n) is 5.39. The van der Waals surface area contributed by atoms with Crippen LogP contribution in [0.5, 0.6) is 0 Å². The second kappa shape index (κ2) is 1.71. The summed E-state index contributed by atoms with van der Waals surface area (Å²) in [5.74, 6) is -0.0577. The Balaban J connectivity index is 2.13. The van der Waals surface area contributed by atoms with Gasteiger partial charge in [0.2, 0.25) is 5.91 Å². The lowest BCUT2D eigenvalue weighted by Crippen LogP contribution is -2.62. The smallest absolute Gasteiger partial charge is 0.321 e. The number of rotatable bonds is 0. The van der Waals surface area contributed by atoms with Crippen LogP contribution in [0, 0.1) is 5.92 Å². The standard InChI is InChI=1S/C6H8N2O2/c9-5-3-1-2-4(3)7-6(10)8-5/h3-4H,1-2H2,(H2,7,8,9,10)/t3-,4+/m0/s1. The van der Waals surface area contributed by atoms with Crippen molar-refractivity contribution < 1.29 is 9.59 Å². The third-order valence-electron chi connectivity index (χ3n) is 2.16. The molecule has 0 unspecified atom stereocenters. The molecular weight excluding hydrogens is 132 g/mol. The SMILES string of the molecule is O=C1NC(=O)[C@H]2CC[C@H]2N1. The zero-order valence-corrected chi connectivity index (χ0v) is 5.39. The molecule has 1 saturated carbocycles. The Bertz CT molecular complexity index is 202. The Hall–Kier alpha value is -1.06. The summed E-state index contributed by atoms with van der Waals surface area (Å²) < 4.78 is 0. The van der Waals surface area contributed by atoms with Crippen LogP contribution in [0.25, 0.3) is 0 Å². The van der Waals surface area contributed by atoms with Crippen LogP contribution >= 0.6 is 0 Å². The van der Waals surface area contributed by atoms with Crippen LogP contribution in [-0.2, 0) is 4.79 Å². The first-order valence-electron chi connectivity index (χ1n) is 3.39. The summed E-state index contributed by atoms with van der Waals surface area (Å²) in [6.07, 6.45) is 1.86. The molecule has 1 saturated heterocycles. The van der Waals surface area contributed by atoms with Gasteiger partial charge in [-0.25, -0.2) is 4.79 Å². The van der Waals surface area contributed by atoms with Crippen molar-refractivity contribution in [3.8, 4) is 0 Å². The highest BCUT2D eigenvalue weighted by Crippen LogP contribution is 2.29. The Morgan fingerprint density at radius 1 is 1.30 bits per heavy atom. The van der Waals surface area contributed by atoms with Gasteiger partial charge in [0, 0.05) is 6.04 Å². The molecule has 2 fully saturated rings. The molecule has 0 aromatic rings. The third kappa shape index (κ3) is 0.616. The van der Waals surface area contributed by atoms with Gasteiger partial charge in [0.25, 0.3) is 0 Å². The fourth-order valence-electron chi connectivity index (χ4n) is 1.40. The first kappa shape index (κ1) is 5.70. The molecule has 54 valence electrons. The van der Waals surface area contributed by atoms with Crippen LogP contribution in [0.2, 0.25) is 0 Å². The van der Waals surface area contributed by atoms with E-state index in [2.05, 4.69) is 10.6 Å². The molecule has 0 bridgehead atoms. The van der Waals surface area contributed by atoms with Crippen LogP contribution in [0.3, 0.4) is 0 Å². The number of carbonyl (C=O) groups is 2. The zero-order chi connectivity index (χ0) is 7.14. The average Bonchev–Trinajstić information content (AvgIpc) is 1.77. The molecule has 0 spiro atoms. The van der Waals surface area contributed by atoms with E-state index in [1.54, 1.807) is 0 Å². The van der Waals surface area contributed by atoms with Gasteiger partial charge in [-0.15, -0.1) is 0 Å². The van der Waals surface area contributed by atoms with Crippen molar-refractivity contribution in [2.45, 2.75) is 18.9 Å². The van der Waals surface area contributed by atoms with Crippen molar-refractivity contribution in [3.05, 3.63) is 0 Å². The van der Waals surface area contributed by atoms with Crippen molar-refractivity contribution in [1.29, 1.82) is 0 Å². The largest absolute Gasteiger partial charge is 0.334 e. The summed E-state index contributed by atoms with van der Waals surface area (Å²) in [7, 11) is 0. The fourth-order valence-corrected chi connectivity index (χ4v) is 1.40. The van der Waals surface area contributed by atoms with E-state index in [1.807, 2.05) is 0 Å². The van der Waals surface area contributed by atoms with Crippen LogP contribution in [0.1, 0.15) is 12.8 Å². The molecule has 0 aromatic heterocycles. The molecule has 4 heteroatoms. The second-order valence-corrected chi connectivity index (χ2v) is 2.75. The lowest BCUT2D eigenvalue weighted by atomic mass is 9.78. The minimum atomic E-state index is -0.342. The number of fused-ring (bicyclic) bond motifs is 1. The summed E-state index contributed by atoms with van der Waals surface area (Å²) in [6, 6.07) is -0.216. The first-order valence-corrected chi connectivity index (χ1v) is 3.39. The Morgan fingerprint density at radius 2 is 2.10 bits per heavy atom. The maximum Gasteiger partial charge on any atom is 0.321 e. The lowest BCUT2D eigenvalue weighted by Gasteiger charge is -2.39. The Labute approximate surface area is 58.0 Å². The summed E-state index contributed by atoms with van der Waals surface area (Å²) in [4.78, 5) is 21.5. The van der Waals surface area contributed by atoms with E-state index in [4.69, 9.17) is 0 Å². The summed E-state index contributed by atoms with van der Waals surface area (Å²) >= 11 is 0. The van der Waals surface area contributed by atoms with Gasteiger partial charge in [0.05, 0.1) is 5.92 Å². The molecule has 1 aliphatic heterocycles. The summed E-state index contributed by atoms with van der Waals surface area (Å²) in [6.45, 7) is 0. The van der Waals surface area contributed by atoms with Crippen LogP contribution in [0.15, 0.2) is 0 Å². The molecule has 2 N–H and O–H groups in total. The molecule has 3 amide bonds. The van der Waals surface area contributed by atoms with E-state index >= 15 is 0 Å². The highest BCUT2D eigenvalue weighted by molar-refractivity contribution is 5.99. The predicted octanol–water partition coefficient (Wildman–Crippen LogP) is -0.396. The van der Waals surface area contributed by atoms with Crippen molar-refractivity contribution in [2.24, 2.45) is 5.92 Å². The number of carbonyl (C=O) groups excluding carboxylic acids is 2. The van der Waals surface area contributed by atoms with Crippen molar-refractivity contribution in [1.82, 2.24) is 10.6 Å². The summed E-state index contributed by atoms with van der Waals surface area (Å²) in [5, 5.41) is 4.90. The Kier molecular flexibility index (Phi) is 0.977. The number of hydrogen-bond donors (Lipinski definition) is 2. The number of imide groups is 1. The maximum atomic E-state index is 10.9. The molecule has 2 atom stereocenters. The highest BCUT2D eigenvalue weighted by atomic mass is 16.2. The quantitative estimate of drug-likeness (QED) is 0.481. The molecule has 1 aliphatic carbocycles. The average molecular weight is 140 g/mol. The molecule has 0 radical (unpaired) electrons. The normalized spacial score (nSPS) is 37.2. The van der Waals surface area contributed by atoms with Gasteiger partial charge in [-0.1, -0.05) is 0 Å². The van der Waals surface area contributed by atoms with E-state index in [0.717, 1.165) is 12.8 Å². The minimum absolute atomic E-state index is 0.0534. The van der Waals surface area contributed by atoms with E-state index in [9.17, 15) is 9.59 Å². The number of urea groups is 1. The van der Waals surface area contributed by atoms with Gasteiger partial charge in [-0.2, -0.15) is 0 Å². The number of nitrogens with one attached hydrogen (secondary N) is 2. The van der Waals surface area contributed by atoms with Gasteiger partial charge in [0.1, 0.15) is 0 Å². The van der Waals surface area contributed by atoms with Crippen LogP contribution in [-0.4, -0.2) is 18.0 Å². The monoisotopic (exact) mass is 140 g/mol. The summed E-state index contributed by atoms with van der Waals surface area (Å²) in [5.41, 5.74) is 0. The molecule has 1 heterocycles. The second-order valence-electron chi connectivity index (χ2n) is 2.75. The predicted molar refractivity (Wildman–Crippen MR) is 33.2 cm³/mol. The fraction of sp³-hybridized carbons (Fsp3) is 0.667. The van der Waals surface area contributed by atoms with E-state index < -0.39 is 0 Å². The van der Waals surface area contributed by atoms with Gasteiger partial charge in [0.15, 0.2) is 0 Å². The van der Waals surface area contributed by atoms with Crippen molar-refractivity contribution in [3.63, 3.8) is 0 Å². The van der Waals surface area contributed by atoms with E-state index in [0.29, 0.717) is 0 Å². The first-order chi connectivity index (χ1) is 4.77. The van der Waals surface area contributed by atoms with Crippen molar-refractivity contribution >= 4 is 11.9 Å². The van der Waals surface area contributed by atoms with Gasteiger partial charge in [-0.05, 0) is 12.8 Å². The van der Waals surface area contributed by atoms with E-state index in [1.165, 1.54) is 0 Å². The molecule has 10 heavy (non-hydrogen) atoms. The van der Waals surface area contributed by atoms with Crippen LogP contribution < -0.4 is 10.6 Å². The highest BCUT2D eigenvalue weighted by Gasteiger charge is 2.41. The Morgan fingerprint density at radius 3 is 2.60 bits per heavy atom. The third-order valence-corrected chi connectivity index (χ3v) is 2.16. The van der Waals surface area contributed by atoms with Gasteiger partial charge >= 0.3 is 6.03 Å². The number of hydrogen-bond acceptors (Lipinski definition) is 2. The van der Waals surface area contributed by atoms with E-state index in [-0.39, 0.29) is 23.9 Å². The molecule has 2 aliphatic rings. The van der Waals surface area contributed by atoms with Crippen molar-refractivity contribution in [2.75, 3.05) is 0 Å². The maximum absolute atomic E-state index is 10.9. The molecule has 2 rings (SSSR count). The topological polar surface area (TPSA) is 58.2 Å².